The van der Waals surface area contributed by atoms with Gasteiger partial charge in [0.15, 0.2) is 6.29 Å². The van der Waals surface area contributed by atoms with Gasteiger partial charge in [0.05, 0.1) is 7.11 Å². The molecule has 1 N–H and O–H groups in total. The molecule has 0 unspecified atom stereocenters. The lowest BCUT2D eigenvalue weighted by Crippen LogP contribution is -2.11. The zero-order chi connectivity index (χ0) is 13.1. The molecule has 1 aromatic heterocycles. The normalized spacial score (nSPS) is 10.1. The average Bonchev–Trinajstić information content (AvgIpc) is 2.37. The van der Waals surface area contributed by atoms with E-state index in [0.717, 1.165) is 6.07 Å². The van der Waals surface area contributed by atoms with Crippen LogP contribution in [-0.2, 0) is 4.74 Å². The molecule has 1 heterocycles. The maximum atomic E-state index is 11.2. The minimum atomic E-state index is -0.636. The molecule has 0 saturated carbocycles. The maximum absolute atomic E-state index is 11.2. The number of ether oxygens (including phenoxy) is 1. The molecule has 0 saturated heterocycles. The van der Waals surface area contributed by atoms with Crippen molar-refractivity contribution < 1.29 is 18.7 Å². The number of benzene rings is 1. The van der Waals surface area contributed by atoms with E-state index in [2.05, 4.69) is 10.1 Å². The van der Waals surface area contributed by atoms with Crippen LogP contribution < -0.4 is 10.9 Å². The molecule has 6 heteroatoms. The highest BCUT2D eigenvalue weighted by molar-refractivity contribution is 5.97. The van der Waals surface area contributed by atoms with Gasteiger partial charge in [-0.2, -0.15) is 0 Å². The molecule has 0 aliphatic rings. The molecular weight excluding hydrogens is 238 g/mol. The van der Waals surface area contributed by atoms with Crippen molar-refractivity contribution in [3.05, 3.63) is 40.2 Å². The van der Waals surface area contributed by atoms with Crippen LogP contribution in [0.4, 0.5) is 10.5 Å². The zero-order valence-electron chi connectivity index (χ0n) is 9.43. The van der Waals surface area contributed by atoms with E-state index >= 15 is 0 Å². The molecule has 0 fully saturated rings. The lowest BCUT2D eigenvalue weighted by atomic mass is 10.1. The van der Waals surface area contributed by atoms with Crippen molar-refractivity contribution in [1.82, 2.24) is 0 Å². The van der Waals surface area contributed by atoms with Crippen molar-refractivity contribution in [2.45, 2.75) is 0 Å². The average molecular weight is 247 g/mol. The van der Waals surface area contributed by atoms with E-state index in [-0.39, 0.29) is 11.1 Å². The Balaban J connectivity index is 2.54. The summed E-state index contributed by atoms with van der Waals surface area (Å²) in [7, 11) is 1.24. The van der Waals surface area contributed by atoms with Gasteiger partial charge in [-0.15, -0.1) is 0 Å². The first-order chi connectivity index (χ1) is 8.63. The van der Waals surface area contributed by atoms with Gasteiger partial charge in [0, 0.05) is 28.8 Å². The van der Waals surface area contributed by atoms with Gasteiger partial charge in [0.25, 0.3) is 0 Å². The number of rotatable bonds is 2. The summed E-state index contributed by atoms with van der Waals surface area (Å²) in [6, 6.07) is 5.71. The van der Waals surface area contributed by atoms with Crippen LogP contribution in [0.3, 0.4) is 0 Å². The molecule has 2 rings (SSSR count). The van der Waals surface area contributed by atoms with Crippen LogP contribution in [0.25, 0.3) is 11.0 Å². The van der Waals surface area contributed by atoms with Crippen LogP contribution in [0, 0.1) is 0 Å². The molecule has 0 spiro atoms. The topological polar surface area (TPSA) is 85.6 Å². The second kappa shape index (κ2) is 4.70. The maximum Gasteiger partial charge on any atom is 0.411 e. The molecule has 1 aromatic carbocycles. The van der Waals surface area contributed by atoms with Gasteiger partial charge in [0.1, 0.15) is 5.58 Å². The summed E-state index contributed by atoms with van der Waals surface area (Å²) in [5.74, 6) is 0. The Hall–Kier alpha value is -2.63. The number of carbonyl (C=O) groups excluding carboxylic acids is 2. The molecule has 0 aliphatic heterocycles. The second-order valence-corrected chi connectivity index (χ2v) is 3.47. The third kappa shape index (κ3) is 2.22. The number of amides is 1. The fourth-order valence-electron chi connectivity index (χ4n) is 1.53. The molecule has 2 aromatic rings. The zero-order valence-corrected chi connectivity index (χ0v) is 9.43. The monoisotopic (exact) mass is 247 g/mol. The van der Waals surface area contributed by atoms with Crippen LogP contribution in [0.1, 0.15) is 10.4 Å². The highest BCUT2D eigenvalue weighted by atomic mass is 16.5. The van der Waals surface area contributed by atoms with Crippen LogP contribution >= 0.6 is 0 Å². The SMILES string of the molecule is COC(=O)Nc1ccc2c(C=O)cc(=O)oc2c1. The van der Waals surface area contributed by atoms with Crippen molar-refractivity contribution in [1.29, 1.82) is 0 Å². The van der Waals surface area contributed by atoms with E-state index in [1.165, 1.54) is 13.2 Å². The Labute approximate surface area is 101 Å². The van der Waals surface area contributed by atoms with Gasteiger partial charge in [-0.3, -0.25) is 10.1 Å². The van der Waals surface area contributed by atoms with Crippen molar-refractivity contribution in [2.75, 3.05) is 12.4 Å². The molecule has 0 radical (unpaired) electrons. The molecular formula is C12H9NO5. The van der Waals surface area contributed by atoms with Gasteiger partial charge >= 0.3 is 11.7 Å². The number of hydrogen-bond acceptors (Lipinski definition) is 5. The molecule has 1 amide bonds. The standard InChI is InChI=1S/C12H9NO5/c1-17-12(16)13-8-2-3-9-7(6-14)4-11(15)18-10(9)5-8/h2-6H,1H3,(H,13,16). The summed E-state index contributed by atoms with van der Waals surface area (Å²) < 4.78 is 9.39. The summed E-state index contributed by atoms with van der Waals surface area (Å²) >= 11 is 0. The molecule has 6 nitrogen and oxygen atoms in total. The number of nitrogens with one attached hydrogen (secondary N) is 1. The fraction of sp³-hybridized carbons (Fsp3) is 0.0833. The quantitative estimate of drug-likeness (QED) is 0.645. The lowest BCUT2D eigenvalue weighted by molar-refractivity contribution is 0.112. The van der Waals surface area contributed by atoms with Crippen molar-refractivity contribution >= 4 is 29.0 Å². The first kappa shape index (κ1) is 11.8. The number of carbonyl (C=O) groups is 2. The second-order valence-electron chi connectivity index (χ2n) is 3.47. The molecule has 18 heavy (non-hydrogen) atoms. The van der Waals surface area contributed by atoms with E-state index in [4.69, 9.17) is 4.42 Å². The lowest BCUT2D eigenvalue weighted by Gasteiger charge is -2.05. The van der Waals surface area contributed by atoms with Crippen molar-refractivity contribution in [2.24, 2.45) is 0 Å². The summed E-state index contributed by atoms with van der Waals surface area (Å²) in [4.78, 5) is 33.1. The van der Waals surface area contributed by atoms with Crippen molar-refractivity contribution in [3.63, 3.8) is 0 Å². The minimum Gasteiger partial charge on any atom is -0.453 e. The van der Waals surface area contributed by atoms with Gasteiger partial charge in [-0.1, -0.05) is 0 Å². The van der Waals surface area contributed by atoms with E-state index < -0.39 is 11.7 Å². The summed E-state index contributed by atoms with van der Waals surface area (Å²) in [6.07, 6.45) is -0.0598. The Morgan fingerprint density at radius 3 is 2.83 bits per heavy atom. The van der Waals surface area contributed by atoms with Crippen LogP contribution in [0.2, 0.25) is 0 Å². The largest absolute Gasteiger partial charge is 0.453 e. The Morgan fingerprint density at radius 2 is 2.17 bits per heavy atom. The van der Waals surface area contributed by atoms with E-state index in [0.29, 0.717) is 17.4 Å². The highest BCUT2D eigenvalue weighted by Gasteiger charge is 2.07. The smallest absolute Gasteiger partial charge is 0.411 e. The van der Waals surface area contributed by atoms with Crippen molar-refractivity contribution in [3.8, 4) is 0 Å². The summed E-state index contributed by atoms with van der Waals surface area (Å²) in [5.41, 5.74) is 0.240. The van der Waals surface area contributed by atoms with Crippen LogP contribution in [0.5, 0.6) is 0 Å². The van der Waals surface area contributed by atoms with E-state index in [1.54, 1.807) is 12.1 Å². The Morgan fingerprint density at radius 1 is 1.39 bits per heavy atom. The predicted molar refractivity (Wildman–Crippen MR) is 63.9 cm³/mol. The summed E-state index contributed by atoms with van der Waals surface area (Å²) in [5, 5.41) is 2.93. The first-order valence-corrected chi connectivity index (χ1v) is 5.02. The molecule has 0 bridgehead atoms. The highest BCUT2D eigenvalue weighted by Crippen LogP contribution is 2.20. The molecule has 92 valence electrons. The molecule has 0 aliphatic carbocycles. The van der Waals surface area contributed by atoms with Gasteiger partial charge in [0.2, 0.25) is 0 Å². The van der Waals surface area contributed by atoms with Gasteiger partial charge in [-0.25, -0.2) is 9.59 Å². The first-order valence-electron chi connectivity index (χ1n) is 5.02. The molecule has 0 atom stereocenters. The third-order valence-corrected chi connectivity index (χ3v) is 2.34. The Bertz CT molecular complexity index is 674. The number of fused-ring (bicyclic) bond motifs is 1. The number of anilines is 1. The van der Waals surface area contributed by atoms with E-state index in [9.17, 15) is 14.4 Å². The summed E-state index contributed by atoms with van der Waals surface area (Å²) in [6.45, 7) is 0. The fourth-order valence-corrected chi connectivity index (χ4v) is 1.53. The van der Waals surface area contributed by atoms with Crippen LogP contribution in [0.15, 0.2) is 33.5 Å². The number of methoxy groups -OCH3 is 1. The predicted octanol–water partition coefficient (Wildman–Crippen LogP) is 1.78. The third-order valence-electron chi connectivity index (χ3n) is 2.34. The van der Waals surface area contributed by atoms with E-state index in [1.807, 2.05) is 0 Å². The minimum absolute atomic E-state index is 0.221. The number of hydrogen-bond donors (Lipinski definition) is 1. The number of aldehydes is 1. The van der Waals surface area contributed by atoms with Gasteiger partial charge in [-0.05, 0) is 12.1 Å². The Kier molecular flexibility index (Phi) is 3.09. The van der Waals surface area contributed by atoms with Gasteiger partial charge < -0.3 is 9.15 Å². The van der Waals surface area contributed by atoms with Crippen LogP contribution in [-0.4, -0.2) is 19.5 Å².